The van der Waals surface area contributed by atoms with Crippen molar-refractivity contribution in [1.82, 2.24) is 4.90 Å². The molecule has 3 rings (SSSR count). The Morgan fingerprint density at radius 1 is 1.36 bits per heavy atom. The van der Waals surface area contributed by atoms with E-state index < -0.39 is 28.2 Å². The van der Waals surface area contributed by atoms with E-state index in [4.69, 9.17) is 4.74 Å². The second-order valence-corrected chi connectivity index (χ2v) is 8.06. The first kappa shape index (κ1) is 19.8. The number of rotatable bonds is 5. The third kappa shape index (κ3) is 2.81. The van der Waals surface area contributed by atoms with Gasteiger partial charge in [0.2, 0.25) is 17.7 Å². The number of nitro benzene ring substituents is 1. The van der Waals surface area contributed by atoms with Crippen molar-refractivity contribution in [2.45, 2.75) is 33.6 Å². The summed E-state index contributed by atoms with van der Waals surface area (Å²) in [7, 11) is 1.38. The second kappa shape index (κ2) is 6.57. The fourth-order valence-electron chi connectivity index (χ4n) is 4.28. The lowest BCUT2D eigenvalue weighted by Gasteiger charge is -2.47. The highest BCUT2D eigenvalue weighted by Gasteiger charge is 2.64. The van der Waals surface area contributed by atoms with Gasteiger partial charge in [0, 0.05) is 5.92 Å². The Labute approximate surface area is 162 Å². The number of likely N-dealkylation sites (tertiary alicyclic amines) is 1. The molecule has 1 aromatic carbocycles. The number of nitrogens with one attached hydrogen (secondary N) is 1. The van der Waals surface area contributed by atoms with Crippen LogP contribution in [0.25, 0.3) is 0 Å². The van der Waals surface area contributed by atoms with E-state index in [9.17, 15) is 24.5 Å². The maximum Gasteiger partial charge on any atom is 0.296 e. The summed E-state index contributed by atoms with van der Waals surface area (Å²) >= 11 is 0. The van der Waals surface area contributed by atoms with Crippen LogP contribution in [0.5, 0.6) is 5.75 Å². The van der Waals surface area contributed by atoms with Gasteiger partial charge >= 0.3 is 0 Å². The third-order valence-corrected chi connectivity index (χ3v) is 6.48. The number of imide groups is 1. The number of nitrogens with zero attached hydrogens (tertiary/aromatic N) is 2. The highest BCUT2D eigenvalue weighted by atomic mass is 16.6. The first-order chi connectivity index (χ1) is 13.0. The molecule has 2 unspecified atom stereocenters. The molecule has 0 aromatic heterocycles. The molecule has 2 bridgehead atoms. The Hall–Kier alpha value is -2.97. The van der Waals surface area contributed by atoms with Gasteiger partial charge in [0.1, 0.15) is 18.0 Å². The van der Waals surface area contributed by atoms with Gasteiger partial charge in [0.05, 0.1) is 23.5 Å². The largest absolute Gasteiger partial charge is 0.496 e. The maximum absolute atomic E-state index is 13.0. The summed E-state index contributed by atoms with van der Waals surface area (Å²) in [6.07, 6.45) is 1.20. The Morgan fingerprint density at radius 3 is 2.64 bits per heavy atom. The van der Waals surface area contributed by atoms with E-state index in [0.29, 0.717) is 12.8 Å². The zero-order valence-electron chi connectivity index (χ0n) is 16.3. The van der Waals surface area contributed by atoms with E-state index in [-0.39, 0.29) is 34.9 Å². The van der Waals surface area contributed by atoms with Crippen molar-refractivity contribution >= 4 is 29.1 Å². The van der Waals surface area contributed by atoms with Gasteiger partial charge in [-0.1, -0.05) is 20.8 Å². The lowest BCUT2D eigenvalue weighted by molar-refractivity contribution is -0.384. The smallest absolute Gasteiger partial charge is 0.296 e. The molecule has 1 aliphatic heterocycles. The zero-order valence-corrected chi connectivity index (χ0v) is 16.3. The normalized spacial score (nSPS) is 25.6. The summed E-state index contributed by atoms with van der Waals surface area (Å²) in [5, 5.41) is 13.7. The van der Waals surface area contributed by atoms with E-state index in [0.717, 1.165) is 4.90 Å². The highest BCUT2D eigenvalue weighted by molar-refractivity contribution is 6.07. The van der Waals surface area contributed by atoms with Gasteiger partial charge < -0.3 is 10.1 Å². The number of methoxy groups -OCH3 is 1. The number of carbonyl (C=O) groups is 3. The molecule has 9 heteroatoms. The van der Waals surface area contributed by atoms with E-state index in [1.807, 2.05) is 20.8 Å². The van der Waals surface area contributed by atoms with Crippen LogP contribution in [-0.2, 0) is 14.4 Å². The molecular formula is C19H23N3O6. The lowest BCUT2D eigenvalue weighted by atomic mass is 9.62. The van der Waals surface area contributed by atoms with Gasteiger partial charge in [-0.2, -0.15) is 0 Å². The van der Waals surface area contributed by atoms with Crippen molar-refractivity contribution in [1.29, 1.82) is 0 Å². The first-order valence-corrected chi connectivity index (χ1v) is 9.01. The predicted octanol–water partition coefficient (Wildman–Crippen LogP) is 2.35. The summed E-state index contributed by atoms with van der Waals surface area (Å²) in [5.74, 6) is -1.44. The Kier molecular flexibility index (Phi) is 4.64. The van der Waals surface area contributed by atoms with Gasteiger partial charge in [-0.25, -0.2) is 0 Å². The van der Waals surface area contributed by atoms with Crippen LogP contribution in [0, 0.1) is 26.9 Å². The van der Waals surface area contributed by atoms with Gasteiger partial charge in [0.25, 0.3) is 5.69 Å². The van der Waals surface area contributed by atoms with Crippen molar-refractivity contribution in [3.8, 4) is 5.75 Å². The molecule has 1 saturated heterocycles. The number of ether oxygens (including phenoxy) is 1. The van der Waals surface area contributed by atoms with E-state index in [2.05, 4.69) is 5.32 Å². The molecule has 2 atom stereocenters. The summed E-state index contributed by atoms with van der Waals surface area (Å²) < 4.78 is 4.96. The minimum atomic E-state index is -0.710. The van der Waals surface area contributed by atoms with Crippen molar-refractivity contribution in [2.24, 2.45) is 16.7 Å². The quantitative estimate of drug-likeness (QED) is 0.469. The van der Waals surface area contributed by atoms with Crippen molar-refractivity contribution < 1.29 is 24.0 Å². The summed E-state index contributed by atoms with van der Waals surface area (Å²) in [6, 6.07) is 4.02. The molecule has 2 fully saturated rings. The first-order valence-electron chi connectivity index (χ1n) is 9.01. The maximum atomic E-state index is 13.0. The van der Waals surface area contributed by atoms with Crippen LogP contribution in [0.2, 0.25) is 0 Å². The number of hydrogen-bond donors (Lipinski definition) is 1. The molecule has 1 aliphatic carbocycles. The second-order valence-electron chi connectivity index (χ2n) is 8.06. The highest BCUT2D eigenvalue weighted by Crippen LogP contribution is 2.59. The Bertz CT molecular complexity index is 880. The number of benzene rings is 1. The summed E-state index contributed by atoms with van der Waals surface area (Å²) in [6.45, 7) is 5.20. The fraction of sp³-hybridized carbons (Fsp3) is 0.526. The Morgan fingerprint density at radius 2 is 2.04 bits per heavy atom. The molecule has 28 heavy (non-hydrogen) atoms. The number of carbonyl (C=O) groups excluding carboxylic acids is 3. The van der Waals surface area contributed by atoms with Crippen LogP contribution in [0.3, 0.4) is 0 Å². The van der Waals surface area contributed by atoms with Crippen LogP contribution < -0.4 is 10.1 Å². The number of hydrogen-bond acceptors (Lipinski definition) is 6. The average Bonchev–Trinajstić information content (AvgIpc) is 2.83. The predicted molar refractivity (Wildman–Crippen MR) is 99.6 cm³/mol. The topological polar surface area (TPSA) is 119 Å². The van der Waals surface area contributed by atoms with Gasteiger partial charge in [-0.15, -0.1) is 0 Å². The van der Waals surface area contributed by atoms with Crippen molar-refractivity contribution in [3.05, 3.63) is 28.3 Å². The Balaban J connectivity index is 1.80. The average molecular weight is 389 g/mol. The van der Waals surface area contributed by atoms with E-state index in [1.165, 1.54) is 25.3 Å². The van der Waals surface area contributed by atoms with Crippen molar-refractivity contribution in [2.75, 3.05) is 19.0 Å². The number of nitro groups is 1. The van der Waals surface area contributed by atoms with Crippen LogP contribution in [0.1, 0.15) is 33.6 Å². The SMILES string of the molecule is COc1ccc(NC(=O)CN2C(=O)C3CCC(C)(C2=O)C3(C)C)c([N+](=O)[O-])c1. The number of fused-ring (bicyclic) bond motifs is 2. The third-order valence-electron chi connectivity index (χ3n) is 6.48. The molecule has 3 amide bonds. The summed E-state index contributed by atoms with van der Waals surface area (Å²) in [5.41, 5.74) is -1.54. The number of anilines is 1. The number of amides is 3. The molecule has 0 radical (unpaired) electrons. The molecular weight excluding hydrogens is 366 g/mol. The lowest BCUT2D eigenvalue weighted by Crippen LogP contribution is -2.60. The van der Waals surface area contributed by atoms with Gasteiger partial charge in [-0.05, 0) is 30.4 Å². The molecule has 150 valence electrons. The van der Waals surface area contributed by atoms with E-state index >= 15 is 0 Å². The minimum Gasteiger partial charge on any atom is -0.496 e. The standard InChI is InChI=1S/C19H23N3O6/c1-18(2)12-7-8-19(18,3)17(25)21(16(12)24)10-15(23)20-13-6-5-11(28-4)9-14(13)22(26)27/h5-6,9,12H,7-8,10H2,1-4H3,(H,20,23). The fourth-order valence-corrected chi connectivity index (χ4v) is 4.28. The van der Waals surface area contributed by atoms with Gasteiger partial charge in [-0.3, -0.25) is 29.4 Å². The monoisotopic (exact) mass is 389 g/mol. The van der Waals surface area contributed by atoms with Crippen LogP contribution >= 0.6 is 0 Å². The molecule has 2 aliphatic rings. The molecule has 1 aromatic rings. The zero-order chi connectivity index (χ0) is 20.9. The van der Waals surface area contributed by atoms with Gasteiger partial charge in [0.15, 0.2) is 0 Å². The summed E-state index contributed by atoms with van der Waals surface area (Å²) in [4.78, 5) is 49.9. The van der Waals surface area contributed by atoms with Crippen molar-refractivity contribution in [3.63, 3.8) is 0 Å². The molecule has 1 heterocycles. The van der Waals surface area contributed by atoms with Crippen LogP contribution in [0.15, 0.2) is 18.2 Å². The molecule has 1 saturated carbocycles. The number of piperidine rings is 1. The minimum absolute atomic E-state index is 0.0257. The molecule has 0 spiro atoms. The molecule has 1 N–H and O–H groups in total. The van der Waals surface area contributed by atoms with Crippen LogP contribution in [0.4, 0.5) is 11.4 Å². The van der Waals surface area contributed by atoms with E-state index in [1.54, 1.807) is 0 Å². The van der Waals surface area contributed by atoms with Crippen LogP contribution in [-0.4, -0.2) is 41.2 Å². The molecule has 9 nitrogen and oxygen atoms in total.